The number of para-hydroxylation sites is 2. The van der Waals surface area contributed by atoms with Gasteiger partial charge in [0.05, 0.1) is 19.8 Å². The fraction of sp³-hybridized carbons (Fsp3) is 0.184. The van der Waals surface area contributed by atoms with Crippen LogP contribution in [0.5, 0.6) is 11.5 Å². The second-order valence-corrected chi connectivity index (χ2v) is 11.3. The number of nitrogens with two attached hydrogens (primary N) is 3. The Hall–Kier alpha value is -5.51. The lowest BCUT2D eigenvalue weighted by Gasteiger charge is -2.31. The number of hydrogen-bond donors (Lipinski definition) is 4. The molecule has 0 aliphatic rings. The summed E-state index contributed by atoms with van der Waals surface area (Å²) in [6.45, 7) is 4.16. The summed E-state index contributed by atoms with van der Waals surface area (Å²) in [5.74, 6) is 0.987. The van der Waals surface area contributed by atoms with Gasteiger partial charge in [-0.25, -0.2) is 9.97 Å². The van der Waals surface area contributed by atoms with Crippen molar-refractivity contribution in [3.8, 4) is 11.5 Å². The highest BCUT2D eigenvalue weighted by molar-refractivity contribution is 5.97. The van der Waals surface area contributed by atoms with Gasteiger partial charge in [-0.2, -0.15) is 0 Å². The Morgan fingerprint density at radius 1 is 0.766 bits per heavy atom. The molecule has 0 fully saturated rings. The van der Waals surface area contributed by atoms with Crippen molar-refractivity contribution in [2.75, 3.05) is 26.1 Å². The van der Waals surface area contributed by atoms with Gasteiger partial charge in [-0.1, -0.05) is 84.9 Å². The molecule has 0 spiro atoms. The molecule has 2 unspecified atom stereocenters. The second kappa shape index (κ2) is 14.3. The highest BCUT2D eigenvalue weighted by Gasteiger charge is 2.31. The molecule has 2 atom stereocenters. The molecule has 0 saturated carbocycles. The number of hydrogen-bond acceptors (Lipinski definition) is 8. The van der Waals surface area contributed by atoms with E-state index in [-0.39, 0.29) is 0 Å². The third kappa shape index (κ3) is 6.86. The molecule has 2 aromatic heterocycles. The summed E-state index contributed by atoms with van der Waals surface area (Å²) >= 11 is 0. The summed E-state index contributed by atoms with van der Waals surface area (Å²) < 4.78 is 10.8. The van der Waals surface area contributed by atoms with Crippen LogP contribution in [0.4, 0.5) is 5.69 Å². The lowest BCUT2D eigenvalue weighted by atomic mass is 9.81. The molecule has 0 radical (unpaired) electrons. The van der Waals surface area contributed by atoms with Crippen molar-refractivity contribution in [1.29, 1.82) is 0 Å². The molecule has 47 heavy (non-hydrogen) atoms. The van der Waals surface area contributed by atoms with Crippen LogP contribution in [-0.4, -0.2) is 36.6 Å². The Kier molecular flexibility index (Phi) is 9.99. The molecule has 9 nitrogen and oxygen atoms in total. The first kappa shape index (κ1) is 32.9. The van der Waals surface area contributed by atoms with Gasteiger partial charge in [-0.15, -0.1) is 0 Å². The van der Waals surface area contributed by atoms with Crippen molar-refractivity contribution < 1.29 is 14.3 Å². The first-order valence-corrected chi connectivity index (χ1v) is 15.2. The zero-order chi connectivity index (χ0) is 33.6. The summed E-state index contributed by atoms with van der Waals surface area (Å²) in [6.07, 6.45) is 0. The van der Waals surface area contributed by atoms with Crippen molar-refractivity contribution in [2.24, 2.45) is 17.2 Å². The van der Waals surface area contributed by atoms with Gasteiger partial charge in [0, 0.05) is 34.4 Å². The van der Waals surface area contributed by atoms with Gasteiger partial charge in [0.1, 0.15) is 28.6 Å². The number of primary amides is 1. The summed E-state index contributed by atoms with van der Waals surface area (Å²) in [5, 5.41) is 5.10. The number of carbonyl (C=O) groups excluding carboxylic acids is 1. The highest BCUT2D eigenvalue weighted by Crippen LogP contribution is 2.35. The first-order valence-electron chi connectivity index (χ1n) is 15.2. The topological polar surface area (TPSA) is 151 Å². The average molecular weight is 629 g/mol. The van der Waals surface area contributed by atoms with Crippen LogP contribution in [-0.2, 0) is 10.3 Å². The van der Waals surface area contributed by atoms with Crippen molar-refractivity contribution in [1.82, 2.24) is 9.97 Å². The zero-order valence-electron chi connectivity index (χ0n) is 27.0. The van der Waals surface area contributed by atoms with Crippen LogP contribution in [0.3, 0.4) is 0 Å². The average Bonchev–Trinajstić information content (AvgIpc) is 3.10. The van der Waals surface area contributed by atoms with E-state index in [2.05, 4.69) is 15.3 Å². The van der Waals surface area contributed by atoms with E-state index in [0.29, 0.717) is 12.3 Å². The van der Waals surface area contributed by atoms with E-state index in [0.717, 1.165) is 61.3 Å². The molecule has 240 valence electrons. The summed E-state index contributed by atoms with van der Waals surface area (Å²) in [4.78, 5) is 21.1. The highest BCUT2D eigenvalue weighted by atomic mass is 16.5. The number of amides is 1. The molecule has 9 heteroatoms. The summed E-state index contributed by atoms with van der Waals surface area (Å²) in [6, 6.07) is 34.2. The molecule has 6 rings (SSSR count). The van der Waals surface area contributed by atoms with Crippen molar-refractivity contribution >= 4 is 33.4 Å². The fourth-order valence-electron chi connectivity index (χ4n) is 5.76. The Bertz CT molecular complexity index is 2000. The molecule has 1 amide bonds. The van der Waals surface area contributed by atoms with E-state index in [1.54, 1.807) is 14.2 Å². The first-order chi connectivity index (χ1) is 22.7. The molecular formula is C38H40N6O3. The number of nitrogens with zero attached hydrogens (tertiary/aromatic N) is 2. The Morgan fingerprint density at radius 2 is 1.30 bits per heavy atom. The number of ether oxygens (including phenoxy) is 2. The van der Waals surface area contributed by atoms with Gasteiger partial charge >= 0.3 is 0 Å². The van der Waals surface area contributed by atoms with E-state index in [4.69, 9.17) is 26.7 Å². The van der Waals surface area contributed by atoms with Crippen molar-refractivity contribution in [2.45, 2.75) is 25.4 Å². The number of methoxy groups -OCH3 is 2. The molecule has 2 heterocycles. The molecule has 0 aliphatic carbocycles. The smallest absolute Gasteiger partial charge is 0.244 e. The van der Waals surface area contributed by atoms with Gasteiger partial charge in [0.2, 0.25) is 5.91 Å². The molecule has 0 aliphatic heterocycles. The molecular weight excluding hydrogens is 588 g/mol. The minimum atomic E-state index is -0.778. The van der Waals surface area contributed by atoms with Crippen LogP contribution in [0.15, 0.2) is 109 Å². The van der Waals surface area contributed by atoms with Gasteiger partial charge in [-0.05, 0) is 54.8 Å². The van der Waals surface area contributed by atoms with Crippen LogP contribution >= 0.6 is 0 Å². The second-order valence-electron chi connectivity index (χ2n) is 11.3. The van der Waals surface area contributed by atoms with Gasteiger partial charge in [-0.3, -0.25) is 4.79 Å². The molecule has 6 aromatic rings. The zero-order valence-corrected chi connectivity index (χ0v) is 27.0. The molecule has 7 N–H and O–H groups in total. The largest absolute Gasteiger partial charge is 0.494 e. The Balaban J connectivity index is 0.000000185. The fourth-order valence-corrected chi connectivity index (χ4v) is 5.76. The van der Waals surface area contributed by atoms with E-state index < -0.39 is 17.5 Å². The van der Waals surface area contributed by atoms with Crippen LogP contribution < -0.4 is 32.0 Å². The number of carbonyl (C=O) groups is 1. The monoisotopic (exact) mass is 628 g/mol. The third-order valence-electron chi connectivity index (χ3n) is 8.11. The minimum absolute atomic E-state index is 0.298. The predicted octanol–water partition coefficient (Wildman–Crippen LogP) is 5.90. The summed E-state index contributed by atoms with van der Waals surface area (Å²) in [5.41, 5.74) is 24.5. The predicted molar refractivity (Wildman–Crippen MR) is 189 cm³/mol. The Labute approximate surface area is 274 Å². The van der Waals surface area contributed by atoms with E-state index in [9.17, 15) is 4.79 Å². The number of fused-ring (bicyclic) bond motifs is 2. The van der Waals surface area contributed by atoms with Crippen LogP contribution in [0, 0.1) is 13.8 Å². The lowest BCUT2D eigenvalue weighted by Crippen LogP contribution is -2.45. The number of benzene rings is 4. The van der Waals surface area contributed by atoms with Gasteiger partial charge < -0.3 is 32.0 Å². The van der Waals surface area contributed by atoms with Crippen molar-refractivity contribution in [3.05, 3.63) is 137 Å². The molecule has 0 bridgehead atoms. The van der Waals surface area contributed by atoms with E-state index >= 15 is 0 Å². The number of rotatable bonds is 9. The quantitative estimate of drug-likeness (QED) is 0.154. The third-order valence-corrected chi connectivity index (χ3v) is 8.11. The van der Waals surface area contributed by atoms with Crippen LogP contribution in [0.25, 0.3) is 21.8 Å². The molecule has 4 aromatic carbocycles. The number of pyridine rings is 2. The number of anilines is 1. The standard InChI is InChI=1S/C19H19N3O2.C19H21N3O/c1-12-11-15(14-9-6-10-16(24-2)18(14)21-12)22-17(19(20)23)13-7-4-3-5-8-13;1-13-11-16(15-9-6-10-17(23-2)18(15)22-13)19(21,12-20)14-7-4-3-5-8-14/h3-11,17H,1-2H3,(H2,20,23)(H,21,22);3-11H,12,20-21H2,1-2H3. The van der Waals surface area contributed by atoms with Crippen molar-refractivity contribution in [3.63, 3.8) is 0 Å². The van der Waals surface area contributed by atoms with Gasteiger partial charge in [0.25, 0.3) is 0 Å². The van der Waals surface area contributed by atoms with Crippen LogP contribution in [0.1, 0.15) is 34.1 Å². The number of aromatic nitrogens is 2. The maximum Gasteiger partial charge on any atom is 0.244 e. The van der Waals surface area contributed by atoms with E-state index in [1.807, 2.05) is 123 Å². The van der Waals surface area contributed by atoms with E-state index in [1.165, 1.54) is 0 Å². The normalized spacial score (nSPS) is 12.8. The molecule has 0 saturated heterocycles. The number of nitrogens with one attached hydrogen (secondary N) is 1. The number of aryl methyl sites for hydroxylation is 2. The summed E-state index contributed by atoms with van der Waals surface area (Å²) in [7, 11) is 3.26. The van der Waals surface area contributed by atoms with Crippen LogP contribution in [0.2, 0.25) is 0 Å². The maximum atomic E-state index is 12.0. The lowest BCUT2D eigenvalue weighted by molar-refractivity contribution is -0.118. The van der Waals surface area contributed by atoms with Gasteiger partial charge in [0.15, 0.2) is 0 Å². The maximum absolute atomic E-state index is 12.0. The Morgan fingerprint density at radius 3 is 1.85 bits per heavy atom. The SMILES string of the molecule is COc1cccc2c(C(N)(CN)c3ccccc3)cc(C)nc12.COc1cccc2c(NC(C(N)=O)c3ccccc3)cc(C)nc12. The minimum Gasteiger partial charge on any atom is -0.494 e.